The second-order valence-electron chi connectivity index (χ2n) is 2.98. The Morgan fingerprint density at radius 2 is 2.55 bits per heavy atom. The van der Waals surface area contributed by atoms with E-state index in [9.17, 15) is 4.79 Å². The third kappa shape index (κ3) is 2.50. The van der Waals surface area contributed by atoms with Crippen molar-refractivity contribution in [3.63, 3.8) is 0 Å². The van der Waals surface area contributed by atoms with Crippen molar-refractivity contribution in [1.29, 1.82) is 0 Å². The van der Waals surface area contributed by atoms with Crippen LogP contribution in [0.2, 0.25) is 0 Å². The van der Waals surface area contributed by atoms with E-state index >= 15 is 0 Å². The molecule has 0 aromatic carbocycles. The third-order valence-corrected chi connectivity index (χ3v) is 1.96. The highest BCUT2D eigenvalue weighted by Crippen LogP contribution is 2.06. The minimum atomic E-state index is 0.144. The van der Waals surface area contributed by atoms with Crippen molar-refractivity contribution < 1.29 is 4.79 Å². The molecule has 1 saturated heterocycles. The summed E-state index contributed by atoms with van der Waals surface area (Å²) >= 11 is 0. The van der Waals surface area contributed by atoms with Gasteiger partial charge in [0.15, 0.2) is 0 Å². The summed E-state index contributed by atoms with van der Waals surface area (Å²) in [5.41, 5.74) is 0. The van der Waals surface area contributed by atoms with Crippen LogP contribution in [0, 0.1) is 7.05 Å². The minimum Gasteiger partial charge on any atom is -0.457 e. The molecule has 1 atom stereocenters. The Balaban J connectivity index is 2.23. The number of amides is 1. The highest BCUT2D eigenvalue weighted by Gasteiger charge is 2.16. The van der Waals surface area contributed by atoms with Crippen LogP contribution in [-0.4, -0.2) is 29.9 Å². The van der Waals surface area contributed by atoms with E-state index in [1.807, 2.05) is 11.8 Å². The zero-order valence-electron chi connectivity index (χ0n) is 6.97. The van der Waals surface area contributed by atoms with Crippen molar-refractivity contribution in [1.82, 2.24) is 10.2 Å². The fourth-order valence-electron chi connectivity index (χ4n) is 1.28. The molecule has 0 saturated carbocycles. The van der Waals surface area contributed by atoms with Crippen LogP contribution in [0.25, 0.3) is 0 Å². The predicted octanol–water partition coefficient (Wildman–Crippen LogP) is 0.378. The Hall–Kier alpha value is -0.570. The van der Waals surface area contributed by atoms with E-state index in [0.29, 0.717) is 12.5 Å². The van der Waals surface area contributed by atoms with E-state index < -0.39 is 0 Å². The first-order valence-corrected chi connectivity index (χ1v) is 4.07. The number of likely N-dealkylation sites (tertiary alicyclic amines) is 1. The van der Waals surface area contributed by atoms with Gasteiger partial charge in [0.25, 0.3) is 0 Å². The Labute approximate surface area is 67.8 Å². The summed E-state index contributed by atoms with van der Waals surface area (Å²) in [6, 6.07) is 0.333. The average Bonchev–Trinajstić information content (AvgIpc) is 2.35. The van der Waals surface area contributed by atoms with Gasteiger partial charge in [0.2, 0.25) is 5.91 Å². The van der Waals surface area contributed by atoms with Crippen LogP contribution in [0.4, 0.5) is 0 Å². The molecule has 1 aliphatic rings. The Bertz CT molecular complexity index is 147. The molecule has 1 rings (SSSR count). The predicted molar refractivity (Wildman–Crippen MR) is 43.8 cm³/mol. The van der Waals surface area contributed by atoms with Crippen molar-refractivity contribution in [2.45, 2.75) is 25.8 Å². The van der Waals surface area contributed by atoms with Crippen molar-refractivity contribution in [2.24, 2.45) is 0 Å². The number of carbonyl (C=O) groups excluding carboxylic acids is 1. The smallest absolute Gasteiger partial charge is 0.219 e. The van der Waals surface area contributed by atoms with Gasteiger partial charge in [0.1, 0.15) is 0 Å². The van der Waals surface area contributed by atoms with Gasteiger partial charge < -0.3 is 10.2 Å². The van der Waals surface area contributed by atoms with Crippen LogP contribution in [0.1, 0.15) is 19.8 Å². The largest absolute Gasteiger partial charge is 0.457 e. The van der Waals surface area contributed by atoms with Crippen molar-refractivity contribution in [3.8, 4) is 0 Å². The van der Waals surface area contributed by atoms with Crippen LogP contribution in [0.3, 0.4) is 0 Å². The molecule has 0 aromatic heterocycles. The molecule has 64 valence electrons. The lowest BCUT2D eigenvalue weighted by molar-refractivity contribution is -0.121. The lowest BCUT2D eigenvalue weighted by atomic mass is 10.2. The fourth-order valence-corrected chi connectivity index (χ4v) is 1.28. The summed E-state index contributed by atoms with van der Waals surface area (Å²) in [4.78, 5) is 12.9. The molecule has 1 fully saturated rings. The molecule has 3 heteroatoms. The standard InChI is InChI=1S/C8H15N2O/c1-3-8(11)9-7-4-5-10(2)6-7/h7H,2-6H2,1H3,(H,9,11)/q-1/t7-/m1/s1. The van der Waals surface area contributed by atoms with Gasteiger partial charge in [-0.1, -0.05) is 6.92 Å². The molecular formula is C8H15N2O-. The SMILES string of the molecule is [CH2-]N1CC[C@@H](NC(=O)CC)C1. The molecule has 3 nitrogen and oxygen atoms in total. The average molecular weight is 155 g/mol. The first-order valence-electron chi connectivity index (χ1n) is 4.07. The summed E-state index contributed by atoms with van der Waals surface area (Å²) in [5, 5.41) is 2.94. The van der Waals surface area contributed by atoms with E-state index in [1.54, 1.807) is 0 Å². The number of carbonyl (C=O) groups is 1. The summed E-state index contributed by atoms with van der Waals surface area (Å²) in [5.74, 6) is 0.144. The second kappa shape index (κ2) is 3.72. The summed E-state index contributed by atoms with van der Waals surface area (Å²) in [7, 11) is 3.80. The number of hydrogen-bond acceptors (Lipinski definition) is 2. The number of hydrogen-bond donors (Lipinski definition) is 1. The highest BCUT2D eigenvalue weighted by molar-refractivity contribution is 5.75. The number of nitrogens with one attached hydrogen (secondary N) is 1. The van der Waals surface area contributed by atoms with Gasteiger partial charge in [0.05, 0.1) is 0 Å². The molecule has 1 amide bonds. The molecule has 0 aliphatic carbocycles. The van der Waals surface area contributed by atoms with E-state index in [4.69, 9.17) is 0 Å². The second-order valence-corrected chi connectivity index (χ2v) is 2.98. The van der Waals surface area contributed by atoms with Crippen LogP contribution in [-0.2, 0) is 4.79 Å². The lowest BCUT2D eigenvalue weighted by Gasteiger charge is -2.17. The highest BCUT2D eigenvalue weighted by atomic mass is 16.1. The molecule has 0 radical (unpaired) electrons. The Morgan fingerprint density at radius 3 is 3.00 bits per heavy atom. The molecular weight excluding hydrogens is 140 g/mol. The first kappa shape index (κ1) is 8.53. The Kier molecular flexibility index (Phi) is 2.88. The molecule has 11 heavy (non-hydrogen) atoms. The van der Waals surface area contributed by atoms with E-state index in [1.165, 1.54) is 0 Å². The first-order chi connectivity index (χ1) is 5.22. The maximum absolute atomic E-state index is 10.9. The van der Waals surface area contributed by atoms with Crippen molar-refractivity contribution in [2.75, 3.05) is 13.1 Å². The van der Waals surface area contributed by atoms with Gasteiger partial charge in [-0.25, -0.2) is 0 Å². The molecule has 0 spiro atoms. The van der Waals surface area contributed by atoms with Crippen LogP contribution in [0.15, 0.2) is 0 Å². The van der Waals surface area contributed by atoms with Gasteiger partial charge in [0, 0.05) is 12.5 Å². The molecule has 0 aromatic rings. The molecule has 0 bridgehead atoms. The quantitative estimate of drug-likeness (QED) is 0.585. The van der Waals surface area contributed by atoms with Gasteiger partial charge >= 0.3 is 0 Å². The van der Waals surface area contributed by atoms with Gasteiger partial charge in [-0.15, -0.1) is 0 Å². The van der Waals surface area contributed by atoms with Crippen LogP contribution < -0.4 is 5.32 Å². The summed E-state index contributed by atoms with van der Waals surface area (Å²) in [6.07, 6.45) is 1.61. The van der Waals surface area contributed by atoms with Gasteiger partial charge in [-0.3, -0.25) is 11.8 Å². The van der Waals surface area contributed by atoms with Crippen molar-refractivity contribution in [3.05, 3.63) is 7.05 Å². The normalized spacial score (nSPS) is 25.5. The maximum atomic E-state index is 10.9. The topological polar surface area (TPSA) is 32.3 Å². The van der Waals surface area contributed by atoms with Crippen LogP contribution >= 0.6 is 0 Å². The minimum absolute atomic E-state index is 0.144. The maximum Gasteiger partial charge on any atom is 0.219 e. The van der Waals surface area contributed by atoms with Gasteiger partial charge in [-0.05, 0) is 19.5 Å². The third-order valence-electron chi connectivity index (χ3n) is 1.96. The zero-order chi connectivity index (χ0) is 8.27. The van der Waals surface area contributed by atoms with Crippen LogP contribution in [0.5, 0.6) is 0 Å². The van der Waals surface area contributed by atoms with E-state index in [-0.39, 0.29) is 5.91 Å². The molecule has 0 unspecified atom stereocenters. The zero-order valence-corrected chi connectivity index (χ0v) is 6.97. The van der Waals surface area contributed by atoms with E-state index in [0.717, 1.165) is 19.5 Å². The molecule has 1 aliphatic heterocycles. The summed E-state index contributed by atoms with van der Waals surface area (Å²) in [6.45, 7) is 3.76. The van der Waals surface area contributed by atoms with Crippen molar-refractivity contribution >= 4 is 5.91 Å². The van der Waals surface area contributed by atoms with E-state index in [2.05, 4.69) is 12.4 Å². The lowest BCUT2D eigenvalue weighted by Crippen LogP contribution is -2.35. The fraction of sp³-hybridized carbons (Fsp3) is 0.750. The molecule has 1 heterocycles. The van der Waals surface area contributed by atoms with Gasteiger partial charge in [-0.2, -0.15) is 0 Å². The number of rotatable bonds is 2. The molecule has 1 N–H and O–H groups in total. The Morgan fingerprint density at radius 1 is 1.82 bits per heavy atom. The summed E-state index contributed by atoms with van der Waals surface area (Å²) < 4.78 is 0. The monoisotopic (exact) mass is 155 g/mol. The number of nitrogens with zero attached hydrogens (tertiary/aromatic N) is 1.